The van der Waals surface area contributed by atoms with Crippen molar-refractivity contribution >= 4 is 46.7 Å². The highest BCUT2D eigenvalue weighted by atomic mass is 35.5. The van der Waals surface area contributed by atoms with Gasteiger partial charge in [-0.3, -0.25) is 5.43 Å². The summed E-state index contributed by atoms with van der Waals surface area (Å²) in [6.45, 7) is 4.51. The molecule has 8 heteroatoms. The molecule has 0 fully saturated rings. The van der Waals surface area contributed by atoms with Crippen LogP contribution in [0.15, 0.2) is 54.2 Å². The van der Waals surface area contributed by atoms with Crippen molar-refractivity contribution in [2.75, 3.05) is 13.7 Å². The Bertz CT molecular complexity index is 844. The number of nitrogens with one attached hydrogen (secondary N) is 2. The van der Waals surface area contributed by atoms with Crippen molar-refractivity contribution in [3.8, 4) is 11.5 Å². The highest BCUT2D eigenvalue weighted by Crippen LogP contribution is 2.29. The number of ether oxygens (including phenoxy) is 2. The van der Waals surface area contributed by atoms with Crippen LogP contribution in [0.1, 0.15) is 11.1 Å². The fraction of sp³-hybridized carbons (Fsp3) is 0.158. The molecule has 142 valence electrons. The zero-order valence-corrected chi connectivity index (χ0v) is 17.0. The minimum absolute atomic E-state index is 0.339. The van der Waals surface area contributed by atoms with Gasteiger partial charge in [0.25, 0.3) is 0 Å². The number of methoxy groups -OCH3 is 1. The smallest absolute Gasteiger partial charge is 0.187 e. The second-order valence-electron chi connectivity index (χ2n) is 5.32. The van der Waals surface area contributed by atoms with Crippen LogP contribution < -0.4 is 20.2 Å². The average molecular weight is 424 g/mol. The van der Waals surface area contributed by atoms with Crippen molar-refractivity contribution in [3.63, 3.8) is 0 Å². The van der Waals surface area contributed by atoms with E-state index in [0.29, 0.717) is 39.8 Å². The van der Waals surface area contributed by atoms with E-state index >= 15 is 0 Å². The lowest BCUT2D eigenvalue weighted by molar-refractivity contribution is 0.284. The fourth-order valence-electron chi connectivity index (χ4n) is 2.04. The summed E-state index contributed by atoms with van der Waals surface area (Å²) in [5.41, 5.74) is 4.45. The van der Waals surface area contributed by atoms with E-state index in [9.17, 15) is 0 Å². The number of halogens is 2. The van der Waals surface area contributed by atoms with E-state index in [-0.39, 0.29) is 0 Å². The van der Waals surface area contributed by atoms with Gasteiger partial charge in [0.2, 0.25) is 0 Å². The first kappa shape index (κ1) is 21.0. The summed E-state index contributed by atoms with van der Waals surface area (Å²) in [6.07, 6.45) is 3.34. The Hall–Kier alpha value is -2.28. The SMILES string of the molecule is C=CCNC(=S)N/N=C\c1ccc(OCc2ccc(Cl)c(Cl)c2)c(OC)c1. The lowest BCUT2D eigenvalue weighted by Gasteiger charge is -2.12. The summed E-state index contributed by atoms with van der Waals surface area (Å²) in [5, 5.41) is 8.41. The molecule has 0 heterocycles. The van der Waals surface area contributed by atoms with Crippen LogP contribution in [-0.2, 0) is 6.61 Å². The first-order valence-corrected chi connectivity index (χ1v) is 9.12. The molecule has 2 rings (SSSR count). The molecule has 27 heavy (non-hydrogen) atoms. The molecule has 0 radical (unpaired) electrons. The molecule has 0 aliphatic heterocycles. The number of nitrogens with zero attached hydrogens (tertiary/aromatic N) is 1. The van der Waals surface area contributed by atoms with Crippen molar-refractivity contribution in [2.45, 2.75) is 6.61 Å². The molecule has 0 spiro atoms. The molecular formula is C19H19Cl2N3O2S. The fourth-order valence-corrected chi connectivity index (χ4v) is 2.50. The van der Waals surface area contributed by atoms with Crippen LogP contribution >= 0.6 is 35.4 Å². The number of thiocarbonyl (C=S) groups is 1. The maximum atomic E-state index is 6.02. The molecule has 0 saturated heterocycles. The monoisotopic (exact) mass is 423 g/mol. The largest absolute Gasteiger partial charge is 0.493 e. The number of hydrogen-bond acceptors (Lipinski definition) is 4. The molecule has 2 aromatic carbocycles. The third-order valence-corrected chi connectivity index (χ3v) is 4.33. The Labute approximate surface area is 174 Å². The van der Waals surface area contributed by atoms with Gasteiger partial charge < -0.3 is 14.8 Å². The molecule has 0 aliphatic rings. The van der Waals surface area contributed by atoms with Crippen LogP contribution in [0.4, 0.5) is 0 Å². The first-order valence-electron chi connectivity index (χ1n) is 7.96. The quantitative estimate of drug-likeness (QED) is 0.282. The highest BCUT2D eigenvalue weighted by molar-refractivity contribution is 7.80. The van der Waals surface area contributed by atoms with Gasteiger partial charge >= 0.3 is 0 Å². The zero-order chi connectivity index (χ0) is 19.6. The summed E-state index contributed by atoms with van der Waals surface area (Å²) in [6, 6.07) is 10.9. The molecule has 0 aromatic heterocycles. The van der Waals surface area contributed by atoms with E-state index in [4.69, 9.17) is 44.9 Å². The third kappa shape index (κ3) is 6.75. The standard InChI is InChI=1S/C19H19Cl2N3O2S/c1-3-8-22-19(27)24-23-11-13-5-7-17(18(10-13)25-2)26-12-14-4-6-15(20)16(21)9-14/h3-7,9-11H,1,8,12H2,2H3,(H2,22,24,27)/b23-11-. The Morgan fingerprint density at radius 2 is 2.00 bits per heavy atom. The normalized spacial score (nSPS) is 10.5. The number of hydrogen-bond donors (Lipinski definition) is 2. The molecule has 0 unspecified atom stereocenters. The van der Waals surface area contributed by atoms with Gasteiger partial charge in [0, 0.05) is 6.54 Å². The molecule has 0 atom stereocenters. The van der Waals surface area contributed by atoms with Gasteiger partial charge in [-0.25, -0.2) is 0 Å². The van der Waals surface area contributed by atoms with Gasteiger partial charge in [0.1, 0.15) is 6.61 Å². The van der Waals surface area contributed by atoms with E-state index in [0.717, 1.165) is 11.1 Å². The van der Waals surface area contributed by atoms with Crippen LogP contribution in [0.3, 0.4) is 0 Å². The lowest BCUT2D eigenvalue weighted by Crippen LogP contribution is -2.31. The van der Waals surface area contributed by atoms with Gasteiger partial charge in [0.05, 0.1) is 23.4 Å². The minimum Gasteiger partial charge on any atom is -0.493 e. The summed E-state index contributed by atoms with van der Waals surface area (Å²) >= 11 is 17.0. The highest BCUT2D eigenvalue weighted by Gasteiger charge is 2.07. The first-order chi connectivity index (χ1) is 13.0. The predicted molar refractivity (Wildman–Crippen MR) is 115 cm³/mol. The van der Waals surface area contributed by atoms with Gasteiger partial charge in [0.15, 0.2) is 16.6 Å². The van der Waals surface area contributed by atoms with Gasteiger partial charge in [-0.05, 0) is 53.7 Å². The molecular weight excluding hydrogens is 405 g/mol. The Morgan fingerprint density at radius 3 is 2.70 bits per heavy atom. The van der Waals surface area contributed by atoms with Crippen LogP contribution in [0.25, 0.3) is 0 Å². The zero-order valence-electron chi connectivity index (χ0n) is 14.7. The maximum absolute atomic E-state index is 6.02. The van der Waals surface area contributed by atoms with E-state index in [1.54, 1.807) is 31.5 Å². The summed E-state index contributed by atoms with van der Waals surface area (Å²) in [7, 11) is 1.58. The number of benzene rings is 2. The summed E-state index contributed by atoms with van der Waals surface area (Å²) in [4.78, 5) is 0. The lowest BCUT2D eigenvalue weighted by atomic mass is 10.2. The Morgan fingerprint density at radius 1 is 1.19 bits per heavy atom. The van der Waals surface area contributed by atoms with Gasteiger partial charge in [-0.15, -0.1) is 6.58 Å². The van der Waals surface area contributed by atoms with Crippen molar-refractivity contribution in [2.24, 2.45) is 5.10 Å². The molecule has 2 aromatic rings. The van der Waals surface area contributed by atoms with Crippen molar-refractivity contribution < 1.29 is 9.47 Å². The third-order valence-electron chi connectivity index (χ3n) is 3.35. The van der Waals surface area contributed by atoms with Crippen LogP contribution in [0.5, 0.6) is 11.5 Å². The number of hydrazone groups is 1. The summed E-state index contributed by atoms with van der Waals surface area (Å²) in [5.74, 6) is 1.20. The van der Waals surface area contributed by atoms with Crippen LogP contribution in [0, 0.1) is 0 Å². The van der Waals surface area contributed by atoms with E-state index in [1.807, 2.05) is 24.3 Å². The van der Waals surface area contributed by atoms with Gasteiger partial charge in [-0.1, -0.05) is 35.3 Å². The van der Waals surface area contributed by atoms with E-state index in [2.05, 4.69) is 22.4 Å². The molecule has 2 N–H and O–H groups in total. The Balaban J connectivity index is 1.99. The predicted octanol–water partition coefficient (Wildman–Crippen LogP) is 4.57. The molecule has 0 bridgehead atoms. The van der Waals surface area contributed by atoms with Gasteiger partial charge in [-0.2, -0.15) is 5.10 Å². The maximum Gasteiger partial charge on any atom is 0.187 e. The molecule has 0 saturated carbocycles. The topological polar surface area (TPSA) is 54.9 Å². The summed E-state index contributed by atoms with van der Waals surface area (Å²) < 4.78 is 11.2. The average Bonchev–Trinajstić information content (AvgIpc) is 2.67. The van der Waals surface area contributed by atoms with E-state index in [1.165, 1.54) is 0 Å². The van der Waals surface area contributed by atoms with Crippen LogP contribution in [-0.4, -0.2) is 25.0 Å². The Kier molecular flexibility index (Phi) is 8.39. The molecule has 0 aliphatic carbocycles. The number of rotatable bonds is 8. The second-order valence-corrected chi connectivity index (χ2v) is 6.54. The van der Waals surface area contributed by atoms with Crippen molar-refractivity contribution in [1.29, 1.82) is 0 Å². The van der Waals surface area contributed by atoms with Crippen molar-refractivity contribution in [3.05, 3.63) is 70.2 Å². The molecule has 5 nitrogen and oxygen atoms in total. The molecule has 0 amide bonds. The second kappa shape index (κ2) is 10.8. The van der Waals surface area contributed by atoms with Crippen molar-refractivity contribution in [1.82, 2.24) is 10.7 Å². The van der Waals surface area contributed by atoms with Crippen LogP contribution in [0.2, 0.25) is 10.0 Å². The van der Waals surface area contributed by atoms with E-state index < -0.39 is 0 Å². The minimum atomic E-state index is 0.339.